The van der Waals surface area contributed by atoms with Crippen molar-refractivity contribution in [2.45, 2.75) is 26.7 Å². The molecule has 2 aliphatic rings. The van der Waals surface area contributed by atoms with E-state index in [2.05, 4.69) is 12.2 Å². The van der Waals surface area contributed by atoms with Crippen LogP contribution in [-0.4, -0.2) is 59.5 Å². The molecule has 1 amide bonds. The maximum Gasteiger partial charge on any atom is 0.409 e. The second-order valence-corrected chi connectivity index (χ2v) is 8.37. The molecule has 1 aromatic carbocycles. The number of halogens is 1. The molecule has 1 fully saturated rings. The molecule has 2 heterocycles. The van der Waals surface area contributed by atoms with E-state index in [1.165, 1.54) is 0 Å². The molecule has 8 nitrogen and oxygen atoms in total. The average molecular weight is 444 g/mol. The fourth-order valence-electron chi connectivity index (χ4n) is 3.96. The van der Waals surface area contributed by atoms with Crippen molar-refractivity contribution in [2.24, 2.45) is 5.92 Å². The SMILES string of the molecule is CCOC(=O)N1CCN(c2nc3c(c(Nc4ccc(Cl)cc4)n2)C(=O)CC(C)C3)CC1. The predicted molar refractivity (Wildman–Crippen MR) is 119 cm³/mol. The number of ether oxygens (including phenoxy) is 1. The fraction of sp³-hybridized carbons (Fsp3) is 0.455. The molecule has 0 saturated carbocycles. The molecule has 1 unspecified atom stereocenters. The van der Waals surface area contributed by atoms with Gasteiger partial charge >= 0.3 is 6.09 Å². The molecule has 0 bridgehead atoms. The molecule has 1 atom stereocenters. The van der Waals surface area contributed by atoms with Gasteiger partial charge in [-0.3, -0.25) is 4.79 Å². The molecule has 0 radical (unpaired) electrons. The van der Waals surface area contributed by atoms with Gasteiger partial charge < -0.3 is 19.9 Å². The van der Waals surface area contributed by atoms with Crippen LogP contribution in [0.1, 0.15) is 36.3 Å². The lowest BCUT2D eigenvalue weighted by Gasteiger charge is -2.34. The van der Waals surface area contributed by atoms with Crippen molar-refractivity contribution in [3.05, 3.63) is 40.5 Å². The molecule has 0 spiro atoms. The van der Waals surface area contributed by atoms with Crippen LogP contribution in [0.4, 0.5) is 22.2 Å². The number of fused-ring (bicyclic) bond motifs is 1. The number of aromatic nitrogens is 2. The number of nitrogens with zero attached hydrogens (tertiary/aromatic N) is 4. The van der Waals surface area contributed by atoms with Crippen molar-refractivity contribution in [3.8, 4) is 0 Å². The van der Waals surface area contributed by atoms with Crippen LogP contribution in [0, 0.1) is 5.92 Å². The second kappa shape index (κ2) is 9.09. The topological polar surface area (TPSA) is 87.7 Å². The largest absolute Gasteiger partial charge is 0.450 e. The highest BCUT2D eigenvalue weighted by atomic mass is 35.5. The first-order valence-electron chi connectivity index (χ1n) is 10.6. The lowest BCUT2D eigenvalue weighted by Crippen LogP contribution is -2.49. The van der Waals surface area contributed by atoms with Gasteiger partial charge in [0, 0.05) is 43.3 Å². The Bertz CT molecular complexity index is 974. The molecular formula is C22H26ClN5O3. The van der Waals surface area contributed by atoms with E-state index in [4.69, 9.17) is 26.3 Å². The first-order valence-corrected chi connectivity index (χ1v) is 11.0. The highest BCUT2D eigenvalue weighted by Gasteiger charge is 2.30. The minimum atomic E-state index is -0.293. The molecule has 9 heteroatoms. The number of carbonyl (C=O) groups is 2. The molecular weight excluding hydrogens is 418 g/mol. The van der Waals surface area contributed by atoms with Gasteiger partial charge in [-0.1, -0.05) is 18.5 Å². The van der Waals surface area contributed by atoms with Crippen LogP contribution in [0.2, 0.25) is 5.02 Å². The van der Waals surface area contributed by atoms with Crippen LogP contribution in [0.15, 0.2) is 24.3 Å². The lowest BCUT2D eigenvalue weighted by atomic mass is 9.87. The highest BCUT2D eigenvalue weighted by molar-refractivity contribution is 6.30. The maximum absolute atomic E-state index is 12.8. The van der Waals surface area contributed by atoms with Gasteiger partial charge in [-0.15, -0.1) is 0 Å². The molecule has 2 aromatic rings. The van der Waals surface area contributed by atoms with Crippen LogP contribution >= 0.6 is 11.6 Å². The zero-order chi connectivity index (χ0) is 22.0. The first-order chi connectivity index (χ1) is 14.9. The van der Waals surface area contributed by atoms with Gasteiger partial charge in [0.25, 0.3) is 0 Å². The molecule has 1 saturated heterocycles. The molecule has 1 aliphatic heterocycles. The summed E-state index contributed by atoms with van der Waals surface area (Å²) in [6.45, 7) is 6.49. The average Bonchev–Trinajstić information content (AvgIpc) is 2.75. The lowest BCUT2D eigenvalue weighted by molar-refractivity contribution is 0.0951. The standard InChI is InChI=1S/C22H26ClN5O3/c1-3-31-22(30)28-10-8-27(9-11-28)21-25-17-12-14(2)13-18(29)19(17)20(26-21)24-16-6-4-15(23)5-7-16/h4-7,14H,3,8-13H2,1-2H3,(H,24,25,26). The van der Waals surface area contributed by atoms with Gasteiger partial charge in [0.05, 0.1) is 17.9 Å². The van der Waals surface area contributed by atoms with E-state index in [0.717, 1.165) is 17.8 Å². The predicted octanol–water partition coefficient (Wildman–Crippen LogP) is 3.92. The Morgan fingerprint density at radius 3 is 2.55 bits per heavy atom. The number of ketones is 1. The second-order valence-electron chi connectivity index (χ2n) is 7.94. The Hall–Kier alpha value is -2.87. The van der Waals surface area contributed by atoms with Gasteiger partial charge in [-0.25, -0.2) is 9.78 Å². The van der Waals surface area contributed by atoms with Crippen LogP contribution in [0.25, 0.3) is 0 Å². The molecule has 1 aliphatic carbocycles. The number of Topliss-reactive ketones (excluding diaryl/α,β-unsaturated/α-hetero) is 1. The number of anilines is 3. The third-order valence-electron chi connectivity index (χ3n) is 5.52. The number of hydrogen-bond donors (Lipinski definition) is 1. The van der Waals surface area contributed by atoms with Crippen LogP contribution in [0.5, 0.6) is 0 Å². The van der Waals surface area contributed by atoms with Gasteiger partial charge in [0.1, 0.15) is 5.82 Å². The third-order valence-corrected chi connectivity index (χ3v) is 5.77. The zero-order valence-corrected chi connectivity index (χ0v) is 18.5. The van der Waals surface area contributed by atoms with Gasteiger partial charge in [-0.2, -0.15) is 4.98 Å². The minimum absolute atomic E-state index is 0.0592. The highest BCUT2D eigenvalue weighted by Crippen LogP contribution is 2.32. The quantitative estimate of drug-likeness (QED) is 0.766. The van der Waals surface area contributed by atoms with Crippen molar-refractivity contribution in [1.82, 2.24) is 14.9 Å². The number of carbonyl (C=O) groups excluding carboxylic acids is 2. The summed E-state index contributed by atoms with van der Waals surface area (Å²) in [6, 6.07) is 7.28. The Morgan fingerprint density at radius 1 is 1.16 bits per heavy atom. The van der Waals surface area contributed by atoms with E-state index in [1.807, 2.05) is 17.0 Å². The molecule has 4 rings (SSSR count). The van der Waals surface area contributed by atoms with Gasteiger partial charge in [-0.05, 0) is 43.5 Å². The van der Waals surface area contributed by atoms with E-state index >= 15 is 0 Å². The van der Waals surface area contributed by atoms with E-state index < -0.39 is 0 Å². The minimum Gasteiger partial charge on any atom is -0.450 e. The van der Waals surface area contributed by atoms with E-state index in [9.17, 15) is 9.59 Å². The first kappa shape index (κ1) is 21.4. The summed E-state index contributed by atoms with van der Waals surface area (Å²) in [5.41, 5.74) is 2.15. The number of rotatable bonds is 4. The Morgan fingerprint density at radius 2 is 1.87 bits per heavy atom. The molecule has 164 valence electrons. The van der Waals surface area contributed by atoms with Crippen molar-refractivity contribution >= 4 is 40.9 Å². The summed E-state index contributed by atoms with van der Waals surface area (Å²) in [4.78, 5) is 38.0. The number of piperazine rings is 1. The molecule has 31 heavy (non-hydrogen) atoms. The van der Waals surface area contributed by atoms with E-state index in [1.54, 1.807) is 24.0 Å². The van der Waals surface area contributed by atoms with Crippen molar-refractivity contribution in [2.75, 3.05) is 43.0 Å². The van der Waals surface area contributed by atoms with E-state index in [-0.39, 0.29) is 17.8 Å². The summed E-state index contributed by atoms with van der Waals surface area (Å²) < 4.78 is 5.09. The summed E-state index contributed by atoms with van der Waals surface area (Å²) in [6.07, 6.45) is 0.927. The zero-order valence-electron chi connectivity index (χ0n) is 17.7. The fourth-order valence-corrected chi connectivity index (χ4v) is 4.09. The smallest absolute Gasteiger partial charge is 0.409 e. The summed E-state index contributed by atoms with van der Waals surface area (Å²) in [5.74, 6) is 1.39. The van der Waals surface area contributed by atoms with Crippen molar-refractivity contribution in [3.63, 3.8) is 0 Å². The van der Waals surface area contributed by atoms with Gasteiger partial charge in [0.2, 0.25) is 5.95 Å². The van der Waals surface area contributed by atoms with Gasteiger partial charge in [0.15, 0.2) is 5.78 Å². The summed E-state index contributed by atoms with van der Waals surface area (Å²) in [7, 11) is 0. The Kier molecular flexibility index (Phi) is 6.27. The normalized spacial score (nSPS) is 18.5. The number of amides is 1. The third kappa shape index (κ3) is 4.74. The van der Waals surface area contributed by atoms with E-state index in [0.29, 0.717) is 61.6 Å². The maximum atomic E-state index is 12.8. The van der Waals surface area contributed by atoms with Crippen LogP contribution in [0.3, 0.4) is 0 Å². The molecule has 1 N–H and O–H groups in total. The summed E-state index contributed by atoms with van der Waals surface area (Å²) in [5, 5.41) is 3.93. The number of hydrogen-bond acceptors (Lipinski definition) is 7. The van der Waals surface area contributed by atoms with Crippen LogP contribution < -0.4 is 10.2 Å². The van der Waals surface area contributed by atoms with Crippen molar-refractivity contribution in [1.29, 1.82) is 0 Å². The van der Waals surface area contributed by atoms with Crippen LogP contribution in [-0.2, 0) is 11.2 Å². The number of benzene rings is 1. The monoisotopic (exact) mass is 443 g/mol. The molecule has 1 aromatic heterocycles. The van der Waals surface area contributed by atoms with Crippen molar-refractivity contribution < 1.29 is 14.3 Å². The number of nitrogens with one attached hydrogen (secondary N) is 1. The summed E-state index contributed by atoms with van der Waals surface area (Å²) >= 11 is 6.00. The Balaban J connectivity index is 1.62. The Labute approximate surface area is 186 Å².